The fourth-order valence-corrected chi connectivity index (χ4v) is 2.77. The molecule has 0 spiro atoms. The molecular weight excluding hydrogens is 326 g/mol. The Morgan fingerprint density at radius 1 is 1.19 bits per heavy atom. The molecular formula is C21H27N3O2. The molecule has 3 rings (SSSR count). The second-order valence-electron chi connectivity index (χ2n) is 5.91. The highest BCUT2D eigenvalue weighted by molar-refractivity contribution is 5.94. The Labute approximate surface area is 154 Å². The summed E-state index contributed by atoms with van der Waals surface area (Å²) >= 11 is 0. The van der Waals surface area contributed by atoms with Crippen LogP contribution >= 0.6 is 0 Å². The van der Waals surface area contributed by atoms with E-state index in [0.717, 1.165) is 34.5 Å². The molecule has 0 aliphatic rings. The molecule has 1 heterocycles. The number of hydrogen-bond donors (Lipinski definition) is 3. The van der Waals surface area contributed by atoms with Gasteiger partial charge in [0, 0.05) is 17.1 Å². The summed E-state index contributed by atoms with van der Waals surface area (Å²) in [6.45, 7) is 8.37. The van der Waals surface area contributed by atoms with Crippen molar-refractivity contribution in [3.05, 3.63) is 59.8 Å². The smallest absolute Gasteiger partial charge is 0.150 e. The number of benzene rings is 2. The van der Waals surface area contributed by atoms with E-state index in [9.17, 15) is 10.0 Å². The molecule has 0 saturated heterocycles. The van der Waals surface area contributed by atoms with Crippen molar-refractivity contribution in [2.75, 3.05) is 10.6 Å². The third-order valence-corrected chi connectivity index (χ3v) is 4.39. The SMILES string of the molecule is CC.CCC(C)c1c[nH]c2c(NN(O)c3ccc(C=O)cc3)cccc12. The van der Waals surface area contributed by atoms with Gasteiger partial charge in [-0.25, -0.2) is 0 Å². The zero-order valence-electron chi connectivity index (χ0n) is 15.8. The normalized spacial score (nSPS) is 11.4. The lowest BCUT2D eigenvalue weighted by Gasteiger charge is -2.19. The first-order valence-electron chi connectivity index (χ1n) is 9.05. The van der Waals surface area contributed by atoms with Gasteiger partial charge in [-0.3, -0.25) is 15.4 Å². The van der Waals surface area contributed by atoms with Gasteiger partial charge in [0.25, 0.3) is 0 Å². The van der Waals surface area contributed by atoms with E-state index in [1.165, 1.54) is 5.56 Å². The first-order chi connectivity index (χ1) is 12.6. The summed E-state index contributed by atoms with van der Waals surface area (Å²) in [5, 5.41) is 12.4. The number of H-pyrrole nitrogens is 1. The minimum atomic E-state index is 0.468. The number of carbonyl (C=O) groups is 1. The summed E-state index contributed by atoms with van der Waals surface area (Å²) in [6.07, 6.45) is 3.87. The molecule has 0 bridgehead atoms. The van der Waals surface area contributed by atoms with Gasteiger partial charge in [-0.05, 0) is 48.2 Å². The van der Waals surface area contributed by atoms with E-state index in [1.54, 1.807) is 24.3 Å². The van der Waals surface area contributed by atoms with Crippen molar-refractivity contribution in [1.29, 1.82) is 0 Å². The third kappa shape index (κ3) is 4.06. The Morgan fingerprint density at radius 3 is 2.50 bits per heavy atom. The molecule has 1 unspecified atom stereocenters. The molecule has 1 aromatic heterocycles. The lowest BCUT2D eigenvalue weighted by atomic mass is 9.98. The topological polar surface area (TPSA) is 68.4 Å². The zero-order valence-corrected chi connectivity index (χ0v) is 15.8. The summed E-state index contributed by atoms with van der Waals surface area (Å²) in [5.74, 6) is 0.468. The molecule has 3 N–H and O–H groups in total. The highest BCUT2D eigenvalue weighted by Crippen LogP contribution is 2.31. The Hall–Kier alpha value is -2.79. The number of carbonyl (C=O) groups excluding carboxylic acids is 1. The molecule has 0 aliphatic carbocycles. The van der Waals surface area contributed by atoms with E-state index < -0.39 is 0 Å². The second kappa shape index (κ2) is 9.06. The minimum absolute atomic E-state index is 0.468. The lowest BCUT2D eigenvalue weighted by Crippen LogP contribution is -2.25. The Morgan fingerprint density at radius 2 is 1.88 bits per heavy atom. The van der Waals surface area contributed by atoms with E-state index in [2.05, 4.69) is 30.3 Å². The van der Waals surface area contributed by atoms with Crippen LogP contribution in [0.3, 0.4) is 0 Å². The number of aromatic nitrogens is 1. The molecule has 0 aliphatic heterocycles. The lowest BCUT2D eigenvalue weighted by molar-refractivity contribution is 0.112. The van der Waals surface area contributed by atoms with Gasteiger partial charge in [0.1, 0.15) is 6.29 Å². The summed E-state index contributed by atoms with van der Waals surface area (Å²) in [7, 11) is 0. The fraction of sp³-hybridized carbons (Fsp3) is 0.286. The standard InChI is InChI=1S/C19H21N3O2.C2H6/c1-3-13(2)17-11-20-19-16(17)5-4-6-18(19)21-22(24)15-9-7-14(12-23)8-10-15;1-2/h4-13,20-21,24H,3H2,1-2H3;1-2H3. The van der Waals surface area contributed by atoms with Crippen LogP contribution in [0.5, 0.6) is 0 Å². The van der Waals surface area contributed by atoms with Crippen molar-refractivity contribution in [3.63, 3.8) is 0 Å². The number of aromatic amines is 1. The third-order valence-electron chi connectivity index (χ3n) is 4.39. The maximum atomic E-state index is 10.7. The van der Waals surface area contributed by atoms with Crippen molar-refractivity contribution >= 4 is 28.6 Å². The zero-order chi connectivity index (χ0) is 19.1. The van der Waals surface area contributed by atoms with Gasteiger partial charge < -0.3 is 4.98 Å². The largest absolute Gasteiger partial charge is 0.359 e. The number of rotatable bonds is 6. The van der Waals surface area contributed by atoms with Gasteiger partial charge >= 0.3 is 0 Å². The second-order valence-corrected chi connectivity index (χ2v) is 5.91. The maximum Gasteiger partial charge on any atom is 0.150 e. The van der Waals surface area contributed by atoms with Crippen LogP contribution in [0.4, 0.5) is 11.4 Å². The van der Waals surface area contributed by atoms with Gasteiger partial charge in [0.15, 0.2) is 0 Å². The Kier molecular flexibility index (Phi) is 6.81. The predicted octanol–water partition coefficient (Wildman–Crippen LogP) is 5.74. The van der Waals surface area contributed by atoms with Crippen LogP contribution in [0.2, 0.25) is 0 Å². The predicted molar refractivity (Wildman–Crippen MR) is 108 cm³/mol. The average Bonchev–Trinajstić information content (AvgIpc) is 3.14. The van der Waals surface area contributed by atoms with Gasteiger partial charge in [-0.2, -0.15) is 5.17 Å². The summed E-state index contributed by atoms with van der Waals surface area (Å²) in [4.78, 5) is 14.0. The molecule has 1 atom stereocenters. The van der Waals surface area contributed by atoms with Crippen LogP contribution in [0.15, 0.2) is 48.7 Å². The van der Waals surface area contributed by atoms with E-state index in [1.807, 2.05) is 32.2 Å². The Bertz CT molecular complexity index is 840. The van der Waals surface area contributed by atoms with E-state index in [-0.39, 0.29) is 0 Å². The number of fused-ring (bicyclic) bond motifs is 1. The number of nitrogens with zero attached hydrogens (tertiary/aromatic N) is 1. The number of aldehydes is 1. The maximum absolute atomic E-state index is 10.7. The minimum Gasteiger partial charge on any atom is -0.359 e. The summed E-state index contributed by atoms with van der Waals surface area (Å²) in [6, 6.07) is 12.6. The Balaban J connectivity index is 0.00000117. The van der Waals surface area contributed by atoms with Gasteiger partial charge in [0.2, 0.25) is 0 Å². The van der Waals surface area contributed by atoms with Gasteiger partial charge in [-0.1, -0.05) is 39.8 Å². The van der Waals surface area contributed by atoms with Gasteiger partial charge in [0.05, 0.1) is 16.9 Å². The van der Waals surface area contributed by atoms with Crippen molar-refractivity contribution in [3.8, 4) is 0 Å². The van der Waals surface area contributed by atoms with Crippen LogP contribution in [0.1, 0.15) is 56.0 Å². The molecule has 2 aromatic carbocycles. The van der Waals surface area contributed by atoms with Crippen molar-refractivity contribution in [1.82, 2.24) is 4.98 Å². The monoisotopic (exact) mass is 353 g/mol. The number of anilines is 2. The van der Waals surface area contributed by atoms with E-state index in [0.29, 0.717) is 17.2 Å². The molecule has 5 nitrogen and oxygen atoms in total. The van der Waals surface area contributed by atoms with Gasteiger partial charge in [-0.15, -0.1) is 0 Å². The van der Waals surface area contributed by atoms with Crippen LogP contribution < -0.4 is 10.6 Å². The molecule has 0 fully saturated rings. The molecule has 3 aromatic rings. The molecule has 138 valence electrons. The van der Waals surface area contributed by atoms with Crippen LogP contribution in [-0.4, -0.2) is 16.5 Å². The van der Waals surface area contributed by atoms with Crippen LogP contribution in [0, 0.1) is 0 Å². The summed E-state index contributed by atoms with van der Waals surface area (Å²) in [5.41, 5.74) is 7.10. The quantitative estimate of drug-likeness (QED) is 0.390. The highest BCUT2D eigenvalue weighted by Gasteiger charge is 2.13. The fourth-order valence-electron chi connectivity index (χ4n) is 2.77. The molecule has 5 heteroatoms. The first-order valence-corrected chi connectivity index (χ1v) is 9.05. The molecule has 0 radical (unpaired) electrons. The van der Waals surface area contributed by atoms with Crippen molar-refractivity contribution < 1.29 is 10.0 Å². The number of hydrazine groups is 1. The number of nitrogens with one attached hydrogen (secondary N) is 2. The van der Waals surface area contributed by atoms with Crippen LogP contribution in [0.25, 0.3) is 10.9 Å². The van der Waals surface area contributed by atoms with E-state index >= 15 is 0 Å². The van der Waals surface area contributed by atoms with Crippen molar-refractivity contribution in [2.24, 2.45) is 0 Å². The average molecular weight is 353 g/mol. The summed E-state index contributed by atoms with van der Waals surface area (Å²) < 4.78 is 0. The number of hydrogen-bond acceptors (Lipinski definition) is 4. The first kappa shape index (κ1) is 19.5. The van der Waals surface area contributed by atoms with E-state index in [4.69, 9.17) is 0 Å². The van der Waals surface area contributed by atoms with Crippen molar-refractivity contribution in [2.45, 2.75) is 40.0 Å². The highest BCUT2D eigenvalue weighted by atomic mass is 16.5. The molecule has 0 saturated carbocycles. The molecule has 0 amide bonds. The molecule has 26 heavy (non-hydrogen) atoms. The number of para-hydroxylation sites is 1. The van der Waals surface area contributed by atoms with Crippen LogP contribution in [-0.2, 0) is 0 Å².